The smallest absolute Gasteiger partial charge is 0.280 e. The maximum Gasteiger partial charge on any atom is 0.280 e. The van der Waals surface area contributed by atoms with Crippen LogP contribution in [0.15, 0.2) is 53.5 Å². The van der Waals surface area contributed by atoms with Crippen LogP contribution < -0.4 is 4.80 Å². The lowest BCUT2D eigenvalue weighted by Gasteiger charge is -2.07. The van der Waals surface area contributed by atoms with Crippen molar-refractivity contribution >= 4 is 28.6 Å². The molecule has 3 aromatic rings. The minimum absolute atomic E-state index is 0.208. The van der Waals surface area contributed by atoms with Gasteiger partial charge in [0.05, 0.1) is 27.2 Å². The molecule has 0 aliphatic rings. The molecular formula is C19H16N4O5S. The van der Waals surface area contributed by atoms with Crippen molar-refractivity contribution in [3.63, 3.8) is 0 Å². The highest BCUT2D eigenvalue weighted by Gasteiger charge is 2.20. The standard InChI is InChI=1S/C19H16N4O5S/c1-3-21-17(13-7-5-4-6-8-13)12(2)29-19(21)20-18(24)14-9-15(22(25)26)11-16(10-14)23(27)28/h4-11H,3H2,1-2H3. The van der Waals surface area contributed by atoms with Crippen LogP contribution in [-0.2, 0) is 6.54 Å². The third-order valence-electron chi connectivity index (χ3n) is 4.21. The van der Waals surface area contributed by atoms with Crippen molar-refractivity contribution in [1.29, 1.82) is 0 Å². The van der Waals surface area contributed by atoms with Gasteiger partial charge in [0.25, 0.3) is 17.3 Å². The lowest BCUT2D eigenvalue weighted by atomic mass is 10.1. The van der Waals surface area contributed by atoms with E-state index in [1.807, 2.05) is 48.7 Å². The van der Waals surface area contributed by atoms with E-state index in [0.29, 0.717) is 11.3 Å². The minimum atomic E-state index is -0.779. The first-order valence-electron chi connectivity index (χ1n) is 8.60. The van der Waals surface area contributed by atoms with Gasteiger partial charge in [0, 0.05) is 23.6 Å². The summed E-state index contributed by atoms with van der Waals surface area (Å²) in [5, 5.41) is 22.1. The van der Waals surface area contributed by atoms with E-state index in [1.165, 1.54) is 11.3 Å². The molecular weight excluding hydrogens is 396 g/mol. The van der Waals surface area contributed by atoms with Crippen molar-refractivity contribution in [2.45, 2.75) is 20.4 Å². The van der Waals surface area contributed by atoms with E-state index in [1.54, 1.807) is 0 Å². The lowest BCUT2D eigenvalue weighted by Crippen LogP contribution is -2.17. The molecule has 0 aliphatic carbocycles. The molecule has 0 N–H and O–H groups in total. The third-order valence-corrected chi connectivity index (χ3v) is 5.20. The molecule has 10 heteroatoms. The number of carbonyl (C=O) groups excluding carboxylic acids is 1. The molecule has 29 heavy (non-hydrogen) atoms. The van der Waals surface area contributed by atoms with Gasteiger partial charge in [-0.2, -0.15) is 4.99 Å². The van der Waals surface area contributed by atoms with Gasteiger partial charge in [-0.15, -0.1) is 11.3 Å². The Labute approximate surface area is 168 Å². The van der Waals surface area contributed by atoms with Crippen molar-refractivity contribution in [3.8, 4) is 11.3 Å². The number of benzene rings is 2. The van der Waals surface area contributed by atoms with Gasteiger partial charge in [-0.1, -0.05) is 30.3 Å². The summed E-state index contributed by atoms with van der Waals surface area (Å²) in [7, 11) is 0. The Hall–Kier alpha value is -3.66. The molecule has 1 amide bonds. The van der Waals surface area contributed by atoms with Gasteiger partial charge in [-0.05, 0) is 19.4 Å². The molecule has 0 saturated carbocycles. The summed E-state index contributed by atoms with van der Waals surface area (Å²) in [6.07, 6.45) is 0. The summed E-state index contributed by atoms with van der Waals surface area (Å²) < 4.78 is 1.87. The topological polar surface area (TPSA) is 121 Å². The van der Waals surface area contributed by atoms with Crippen LogP contribution in [-0.4, -0.2) is 20.3 Å². The van der Waals surface area contributed by atoms with Gasteiger partial charge < -0.3 is 4.57 Å². The van der Waals surface area contributed by atoms with Crippen LogP contribution >= 0.6 is 11.3 Å². The molecule has 0 radical (unpaired) electrons. The lowest BCUT2D eigenvalue weighted by molar-refractivity contribution is -0.394. The number of aryl methyl sites for hydroxylation is 1. The Balaban J connectivity index is 2.13. The zero-order valence-electron chi connectivity index (χ0n) is 15.6. The number of amides is 1. The first-order valence-corrected chi connectivity index (χ1v) is 9.42. The number of hydrogen-bond acceptors (Lipinski definition) is 6. The van der Waals surface area contributed by atoms with E-state index < -0.39 is 27.1 Å². The monoisotopic (exact) mass is 412 g/mol. The van der Waals surface area contributed by atoms with Crippen LogP contribution in [0.1, 0.15) is 22.2 Å². The molecule has 0 aliphatic heterocycles. The quantitative estimate of drug-likeness (QED) is 0.461. The van der Waals surface area contributed by atoms with Crippen LogP contribution in [0.4, 0.5) is 11.4 Å². The fourth-order valence-electron chi connectivity index (χ4n) is 2.94. The van der Waals surface area contributed by atoms with Crippen molar-refractivity contribution in [2.75, 3.05) is 0 Å². The number of thiazole rings is 1. The third kappa shape index (κ3) is 4.11. The fourth-order valence-corrected chi connectivity index (χ4v) is 4.00. The van der Waals surface area contributed by atoms with Crippen molar-refractivity contribution in [3.05, 3.63) is 84.0 Å². The van der Waals surface area contributed by atoms with Gasteiger partial charge in [0.15, 0.2) is 4.80 Å². The summed E-state index contributed by atoms with van der Waals surface area (Å²) in [6.45, 7) is 4.39. The summed E-state index contributed by atoms with van der Waals surface area (Å²) in [4.78, 5) is 38.7. The molecule has 0 fully saturated rings. The number of rotatable bonds is 5. The molecule has 2 aromatic carbocycles. The molecule has 3 rings (SSSR count). The van der Waals surface area contributed by atoms with E-state index >= 15 is 0 Å². The Morgan fingerprint density at radius 3 is 2.17 bits per heavy atom. The van der Waals surface area contributed by atoms with E-state index in [9.17, 15) is 25.0 Å². The van der Waals surface area contributed by atoms with Gasteiger partial charge in [0.1, 0.15) is 0 Å². The Morgan fingerprint density at radius 1 is 1.07 bits per heavy atom. The fraction of sp³-hybridized carbons (Fsp3) is 0.158. The molecule has 0 bridgehead atoms. The van der Waals surface area contributed by atoms with E-state index in [4.69, 9.17) is 0 Å². The van der Waals surface area contributed by atoms with Crippen LogP contribution in [0.3, 0.4) is 0 Å². The van der Waals surface area contributed by atoms with Crippen molar-refractivity contribution in [2.24, 2.45) is 4.99 Å². The molecule has 0 saturated heterocycles. The molecule has 0 atom stereocenters. The van der Waals surface area contributed by atoms with Gasteiger partial charge >= 0.3 is 0 Å². The molecule has 0 spiro atoms. The highest BCUT2D eigenvalue weighted by molar-refractivity contribution is 7.09. The van der Waals surface area contributed by atoms with E-state index in [0.717, 1.165) is 34.3 Å². The number of non-ortho nitro benzene ring substituents is 2. The predicted molar refractivity (Wildman–Crippen MR) is 108 cm³/mol. The summed E-state index contributed by atoms with van der Waals surface area (Å²) in [5.41, 5.74) is 0.625. The molecule has 1 heterocycles. The Bertz CT molecular complexity index is 1150. The molecule has 9 nitrogen and oxygen atoms in total. The molecule has 0 unspecified atom stereocenters. The second kappa shape index (κ2) is 8.15. The second-order valence-corrected chi connectivity index (χ2v) is 7.25. The van der Waals surface area contributed by atoms with Gasteiger partial charge in [0.2, 0.25) is 0 Å². The van der Waals surface area contributed by atoms with E-state index in [-0.39, 0.29) is 5.56 Å². The normalized spacial score (nSPS) is 11.4. The predicted octanol–water partition coefficient (Wildman–Crippen LogP) is 4.10. The zero-order chi connectivity index (χ0) is 21.1. The second-order valence-electron chi connectivity index (χ2n) is 6.07. The number of aromatic nitrogens is 1. The largest absolute Gasteiger partial charge is 0.316 e. The minimum Gasteiger partial charge on any atom is -0.316 e. The van der Waals surface area contributed by atoms with Crippen LogP contribution in [0.5, 0.6) is 0 Å². The number of hydrogen-bond donors (Lipinski definition) is 0. The van der Waals surface area contributed by atoms with E-state index in [2.05, 4.69) is 4.99 Å². The Kier molecular flexibility index (Phi) is 5.64. The summed E-state index contributed by atoms with van der Waals surface area (Å²) in [5.74, 6) is -0.778. The summed E-state index contributed by atoms with van der Waals surface area (Å²) >= 11 is 1.31. The highest BCUT2D eigenvalue weighted by Crippen LogP contribution is 2.26. The number of nitro groups is 2. The van der Waals surface area contributed by atoms with Gasteiger partial charge in [-0.3, -0.25) is 25.0 Å². The zero-order valence-corrected chi connectivity index (χ0v) is 16.4. The van der Waals surface area contributed by atoms with Crippen LogP contribution in [0.2, 0.25) is 0 Å². The molecule has 148 valence electrons. The maximum atomic E-state index is 12.7. The first-order chi connectivity index (χ1) is 13.8. The number of nitro benzene ring substituents is 2. The van der Waals surface area contributed by atoms with Crippen molar-refractivity contribution in [1.82, 2.24) is 4.57 Å². The maximum absolute atomic E-state index is 12.7. The van der Waals surface area contributed by atoms with Crippen molar-refractivity contribution < 1.29 is 14.6 Å². The average molecular weight is 412 g/mol. The average Bonchev–Trinajstić information content (AvgIpc) is 3.02. The van der Waals surface area contributed by atoms with Gasteiger partial charge in [-0.25, -0.2) is 0 Å². The first kappa shape index (κ1) is 20.1. The van der Waals surface area contributed by atoms with Crippen LogP contribution in [0, 0.1) is 27.2 Å². The number of nitrogens with zero attached hydrogens (tertiary/aromatic N) is 4. The molecule has 1 aromatic heterocycles. The SMILES string of the molecule is CCn1c(-c2ccccc2)c(C)sc1=NC(=O)c1cc([N+](=O)[O-])cc([N+](=O)[O-])c1. The summed E-state index contributed by atoms with van der Waals surface area (Å²) in [6, 6.07) is 12.4. The Morgan fingerprint density at radius 2 is 1.66 bits per heavy atom. The highest BCUT2D eigenvalue weighted by atomic mass is 32.1. The van der Waals surface area contributed by atoms with Crippen LogP contribution in [0.25, 0.3) is 11.3 Å². The number of carbonyl (C=O) groups is 1.